The van der Waals surface area contributed by atoms with Gasteiger partial charge in [-0.3, -0.25) is 4.79 Å². The molecule has 2 fully saturated rings. The van der Waals surface area contributed by atoms with Gasteiger partial charge in [-0.1, -0.05) is 13.8 Å². The Hall–Kier alpha value is -0.610. The lowest BCUT2D eigenvalue weighted by atomic mass is 9.94. The zero-order valence-corrected chi connectivity index (χ0v) is 10.9. The molecule has 0 aromatic carbocycles. The van der Waals surface area contributed by atoms with Crippen LogP contribution in [0.2, 0.25) is 0 Å². The Balaban J connectivity index is 1.72. The molecule has 4 nitrogen and oxygen atoms in total. The third-order valence-corrected chi connectivity index (χ3v) is 3.66. The molecule has 4 heteroatoms. The average Bonchev–Trinajstić information content (AvgIpc) is 3.06. The number of amides is 1. The number of hydrogen-bond donors (Lipinski definition) is 2. The average molecular weight is 240 g/mol. The van der Waals surface area contributed by atoms with Crippen LogP contribution in [-0.4, -0.2) is 38.3 Å². The van der Waals surface area contributed by atoms with Crippen LogP contribution >= 0.6 is 0 Å². The SMILES string of the molecule is CC(C)CC1(CNC(=O)C2CNCCO2)CC1. The summed E-state index contributed by atoms with van der Waals surface area (Å²) in [4.78, 5) is 11.9. The fraction of sp³-hybridized carbons (Fsp3) is 0.923. The Morgan fingerprint density at radius 2 is 2.29 bits per heavy atom. The quantitative estimate of drug-likeness (QED) is 0.751. The van der Waals surface area contributed by atoms with E-state index >= 15 is 0 Å². The molecule has 1 saturated carbocycles. The Morgan fingerprint density at radius 3 is 2.82 bits per heavy atom. The molecular formula is C13H24N2O2. The lowest BCUT2D eigenvalue weighted by Gasteiger charge is -2.24. The van der Waals surface area contributed by atoms with Gasteiger partial charge in [-0.25, -0.2) is 0 Å². The third-order valence-electron chi connectivity index (χ3n) is 3.66. The monoisotopic (exact) mass is 240 g/mol. The van der Waals surface area contributed by atoms with E-state index in [2.05, 4.69) is 24.5 Å². The number of rotatable bonds is 5. The molecule has 2 N–H and O–H groups in total. The zero-order valence-electron chi connectivity index (χ0n) is 10.9. The summed E-state index contributed by atoms with van der Waals surface area (Å²) in [5.74, 6) is 0.759. The summed E-state index contributed by atoms with van der Waals surface area (Å²) in [6, 6.07) is 0. The van der Waals surface area contributed by atoms with E-state index in [1.165, 1.54) is 19.3 Å². The number of ether oxygens (including phenoxy) is 1. The normalized spacial score (nSPS) is 26.9. The Kier molecular flexibility index (Phi) is 4.05. The van der Waals surface area contributed by atoms with E-state index in [0.717, 1.165) is 13.1 Å². The summed E-state index contributed by atoms with van der Waals surface area (Å²) in [6.07, 6.45) is 3.44. The maximum Gasteiger partial charge on any atom is 0.250 e. The van der Waals surface area contributed by atoms with Crippen LogP contribution in [0.5, 0.6) is 0 Å². The summed E-state index contributed by atoms with van der Waals surface area (Å²) in [6.45, 7) is 7.44. The molecule has 1 unspecified atom stereocenters. The van der Waals surface area contributed by atoms with Crippen LogP contribution in [0.4, 0.5) is 0 Å². The van der Waals surface area contributed by atoms with Gasteiger partial charge in [-0.15, -0.1) is 0 Å². The highest BCUT2D eigenvalue weighted by Crippen LogP contribution is 2.49. The van der Waals surface area contributed by atoms with Crippen molar-refractivity contribution < 1.29 is 9.53 Å². The largest absolute Gasteiger partial charge is 0.366 e. The minimum absolute atomic E-state index is 0.0484. The molecule has 0 radical (unpaired) electrons. The van der Waals surface area contributed by atoms with Crippen LogP contribution in [0.15, 0.2) is 0 Å². The zero-order chi connectivity index (χ0) is 12.3. The second kappa shape index (κ2) is 5.36. The predicted octanol–water partition coefficient (Wildman–Crippen LogP) is 0.917. The van der Waals surface area contributed by atoms with E-state index in [9.17, 15) is 4.79 Å². The summed E-state index contributed by atoms with van der Waals surface area (Å²) in [5, 5.41) is 6.23. The Morgan fingerprint density at radius 1 is 1.53 bits per heavy atom. The van der Waals surface area contributed by atoms with E-state index < -0.39 is 0 Å². The van der Waals surface area contributed by atoms with Gasteiger partial charge in [-0.05, 0) is 30.6 Å². The molecule has 0 aromatic rings. The van der Waals surface area contributed by atoms with Crippen molar-refractivity contribution in [2.45, 2.75) is 39.2 Å². The van der Waals surface area contributed by atoms with Crippen LogP contribution in [0.3, 0.4) is 0 Å². The van der Waals surface area contributed by atoms with Crippen LogP contribution in [0.1, 0.15) is 33.1 Å². The maximum absolute atomic E-state index is 11.9. The van der Waals surface area contributed by atoms with Crippen molar-refractivity contribution in [1.82, 2.24) is 10.6 Å². The van der Waals surface area contributed by atoms with Gasteiger partial charge in [0.2, 0.25) is 5.91 Å². The first-order chi connectivity index (χ1) is 8.11. The molecule has 17 heavy (non-hydrogen) atoms. The highest BCUT2D eigenvalue weighted by molar-refractivity contribution is 5.81. The molecule has 1 amide bonds. The molecule has 2 aliphatic rings. The maximum atomic E-state index is 11.9. The Bertz CT molecular complexity index is 269. The second-order valence-corrected chi connectivity index (χ2v) is 5.88. The van der Waals surface area contributed by atoms with Crippen LogP contribution in [0.25, 0.3) is 0 Å². The fourth-order valence-corrected chi connectivity index (χ4v) is 2.62. The summed E-state index contributed by atoms with van der Waals surface area (Å²) in [7, 11) is 0. The molecule has 98 valence electrons. The number of nitrogens with one attached hydrogen (secondary N) is 2. The highest BCUT2D eigenvalue weighted by Gasteiger charge is 2.43. The summed E-state index contributed by atoms with van der Waals surface area (Å²) < 4.78 is 5.43. The van der Waals surface area contributed by atoms with Gasteiger partial charge in [0, 0.05) is 19.6 Å². The van der Waals surface area contributed by atoms with Gasteiger partial charge in [0.05, 0.1) is 6.61 Å². The molecule has 1 heterocycles. The van der Waals surface area contributed by atoms with Crippen molar-refractivity contribution in [3.63, 3.8) is 0 Å². The van der Waals surface area contributed by atoms with E-state index in [4.69, 9.17) is 4.74 Å². The van der Waals surface area contributed by atoms with Crippen LogP contribution < -0.4 is 10.6 Å². The van der Waals surface area contributed by atoms with Gasteiger partial charge in [0.15, 0.2) is 0 Å². The predicted molar refractivity (Wildman–Crippen MR) is 66.7 cm³/mol. The molecular weight excluding hydrogens is 216 g/mol. The smallest absolute Gasteiger partial charge is 0.250 e. The lowest BCUT2D eigenvalue weighted by molar-refractivity contribution is -0.134. The van der Waals surface area contributed by atoms with Crippen molar-refractivity contribution in [3.05, 3.63) is 0 Å². The van der Waals surface area contributed by atoms with Gasteiger partial charge >= 0.3 is 0 Å². The Labute approximate surface area is 103 Å². The van der Waals surface area contributed by atoms with Crippen molar-refractivity contribution in [1.29, 1.82) is 0 Å². The molecule has 0 spiro atoms. The first kappa shape index (κ1) is 12.8. The van der Waals surface area contributed by atoms with Crippen molar-refractivity contribution >= 4 is 5.91 Å². The molecule has 2 rings (SSSR count). The molecule has 1 aliphatic carbocycles. The molecule has 1 saturated heterocycles. The number of hydrogen-bond acceptors (Lipinski definition) is 3. The number of carbonyl (C=O) groups is 1. The van der Waals surface area contributed by atoms with Crippen molar-refractivity contribution in [2.75, 3.05) is 26.2 Å². The van der Waals surface area contributed by atoms with Gasteiger partial charge < -0.3 is 15.4 Å². The van der Waals surface area contributed by atoms with Crippen LogP contribution in [-0.2, 0) is 9.53 Å². The van der Waals surface area contributed by atoms with Crippen LogP contribution in [0, 0.1) is 11.3 Å². The topological polar surface area (TPSA) is 50.4 Å². The van der Waals surface area contributed by atoms with E-state index in [-0.39, 0.29) is 12.0 Å². The molecule has 0 aromatic heterocycles. The van der Waals surface area contributed by atoms with Gasteiger partial charge in [-0.2, -0.15) is 0 Å². The van der Waals surface area contributed by atoms with E-state index in [0.29, 0.717) is 24.5 Å². The summed E-state index contributed by atoms with van der Waals surface area (Å²) >= 11 is 0. The molecule has 1 aliphatic heterocycles. The van der Waals surface area contributed by atoms with E-state index in [1.807, 2.05) is 0 Å². The standard InChI is InChI=1S/C13H24N2O2/c1-10(2)7-13(3-4-13)9-15-12(16)11-8-14-5-6-17-11/h10-11,14H,3-9H2,1-2H3,(H,15,16). The number of carbonyl (C=O) groups excluding carboxylic acids is 1. The number of morpholine rings is 1. The second-order valence-electron chi connectivity index (χ2n) is 5.88. The molecule has 1 atom stereocenters. The minimum Gasteiger partial charge on any atom is -0.366 e. The highest BCUT2D eigenvalue weighted by atomic mass is 16.5. The fourth-order valence-electron chi connectivity index (χ4n) is 2.62. The summed E-state index contributed by atoms with van der Waals surface area (Å²) in [5.41, 5.74) is 0.395. The lowest BCUT2D eigenvalue weighted by Crippen LogP contribution is -2.48. The first-order valence-electron chi connectivity index (χ1n) is 6.71. The minimum atomic E-state index is -0.293. The van der Waals surface area contributed by atoms with Gasteiger partial charge in [0.25, 0.3) is 0 Å². The third kappa shape index (κ3) is 3.68. The first-order valence-corrected chi connectivity index (χ1v) is 6.71. The molecule has 0 bridgehead atoms. The van der Waals surface area contributed by atoms with Gasteiger partial charge in [0.1, 0.15) is 6.10 Å². The van der Waals surface area contributed by atoms with Crippen molar-refractivity contribution in [3.8, 4) is 0 Å². The van der Waals surface area contributed by atoms with E-state index in [1.54, 1.807) is 0 Å². The van der Waals surface area contributed by atoms with Crippen molar-refractivity contribution in [2.24, 2.45) is 11.3 Å².